The summed E-state index contributed by atoms with van der Waals surface area (Å²) < 4.78 is 28.9. The molecule has 0 radical (unpaired) electrons. The highest BCUT2D eigenvalue weighted by Crippen LogP contribution is 2.23. The molecule has 0 bridgehead atoms. The number of aromatic nitrogens is 3. The fourth-order valence-electron chi connectivity index (χ4n) is 2.51. The van der Waals surface area contributed by atoms with E-state index < -0.39 is 10.0 Å². The highest BCUT2D eigenvalue weighted by Gasteiger charge is 2.29. The fourth-order valence-corrected chi connectivity index (χ4v) is 4.36. The van der Waals surface area contributed by atoms with Gasteiger partial charge in [-0.2, -0.15) is 9.40 Å². The molecule has 2 heterocycles. The first-order valence-corrected chi connectivity index (χ1v) is 8.71. The third-order valence-electron chi connectivity index (χ3n) is 3.79. The van der Waals surface area contributed by atoms with Gasteiger partial charge in [0.1, 0.15) is 4.90 Å². The van der Waals surface area contributed by atoms with Crippen LogP contribution in [0.5, 0.6) is 0 Å². The minimum atomic E-state index is -3.53. The maximum atomic E-state index is 12.9. The molecular formula is C15H22N4O2S. The van der Waals surface area contributed by atoms with Crippen molar-refractivity contribution >= 4 is 10.0 Å². The smallest absolute Gasteiger partial charge is 0.246 e. The summed E-state index contributed by atoms with van der Waals surface area (Å²) in [6.07, 6.45) is 4.10. The van der Waals surface area contributed by atoms with Crippen molar-refractivity contribution in [2.24, 2.45) is 7.05 Å². The van der Waals surface area contributed by atoms with E-state index in [1.165, 1.54) is 4.31 Å². The standard InChI is InChI=1S/C15H22N4O2S/c1-5-19(11-8-14-6-9-16-10-7-14)22(20,21)15-12(2)17-18(4)13(15)3/h6-7,9-10H,5,8,11H2,1-4H3. The molecule has 0 N–H and O–H groups in total. The Bertz CT molecular complexity index is 738. The molecule has 2 rings (SSSR count). The van der Waals surface area contributed by atoms with E-state index in [1.807, 2.05) is 19.1 Å². The Balaban J connectivity index is 2.25. The average molecular weight is 322 g/mol. The van der Waals surface area contributed by atoms with Crippen molar-refractivity contribution in [2.45, 2.75) is 32.1 Å². The van der Waals surface area contributed by atoms with Crippen LogP contribution in [-0.2, 0) is 23.5 Å². The van der Waals surface area contributed by atoms with Crippen LogP contribution in [0.2, 0.25) is 0 Å². The SMILES string of the molecule is CCN(CCc1ccncc1)S(=O)(=O)c1c(C)nn(C)c1C. The minimum absolute atomic E-state index is 0.326. The van der Waals surface area contributed by atoms with Crippen LogP contribution in [0, 0.1) is 13.8 Å². The topological polar surface area (TPSA) is 68.1 Å². The summed E-state index contributed by atoms with van der Waals surface area (Å²) in [5, 5.41) is 4.21. The number of hydrogen-bond acceptors (Lipinski definition) is 4. The molecule has 7 heteroatoms. The van der Waals surface area contributed by atoms with Crippen LogP contribution in [0.25, 0.3) is 0 Å². The molecule has 0 unspecified atom stereocenters. The van der Waals surface area contributed by atoms with Crippen LogP contribution in [-0.4, -0.2) is 40.6 Å². The molecule has 0 fully saturated rings. The van der Waals surface area contributed by atoms with Crippen LogP contribution in [0.4, 0.5) is 0 Å². The van der Waals surface area contributed by atoms with Gasteiger partial charge >= 0.3 is 0 Å². The summed E-state index contributed by atoms with van der Waals surface area (Å²) in [7, 11) is -1.77. The first kappa shape index (κ1) is 16.6. The van der Waals surface area contributed by atoms with Crippen molar-refractivity contribution in [3.05, 3.63) is 41.5 Å². The van der Waals surface area contributed by atoms with E-state index >= 15 is 0 Å². The van der Waals surface area contributed by atoms with Crippen LogP contribution in [0.3, 0.4) is 0 Å². The third kappa shape index (κ3) is 3.20. The lowest BCUT2D eigenvalue weighted by Gasteiger charge is -2.20. The van der Waals surface area contributed by atoms with E-state index in [-0.39, 0.29) is 0 Å². The molecule has 22 heavy (non-hydrogen) atoms. The first-order valence-electron chi connectivity index (χ1n) is 7.27. The maximum absolute atomic E-state index is 12.9. The van der Waals surface area contributed by atoms with Gasteiger partial charge in [0, 0.05) is 32.5 Å². The van der Waals surface area contributed by atoms with Gasteiger partial charge in [0.15, 0.2) is 0 Å². The molecule has 120 valence electrons. The highest BCUT2D eigenvalue weighted by molar-refractivity contribution is 7.89. The number of sulfonamides is 1. The zero-order valence-corrected chi connectivity index (χ0v) is 14.3. The highest BCUT2D eigenvalue weighted by atomic mass is 32.2. The molecule has 0 aromatic carbocycles. The molecule has 0 atom stereocenters. The Morgan fingerprint density at radius 1 is 1.23 bits per heavy atom. The molecular weight excluding hydrogens is 300 g/mol. The number of rotatable bonds is 6. The maximum Gasteiger partial charge on any atom is 0.246 e. The van der Waals surface area contributed by atoms with E-state index in [4.69, 9.17) is 0 Å². The zero-order valence-electron chi connectivity index (χ0n) is 13.4. The summed E-state index contributed by atoms with van der Waals surface area (Å²) >= 11 is 0. The van der Waals surface area contributed by atoms with Gasteiger partial charge in [-0.15, -0.1) is 0 Å². The second-order valence-corrected chi connectivity index (χ2v) is 7.10. The zero-order chi connectivity index (χ0) is 16.3. The van der Waals surface area contributed by atoms with Gasteiger partial charge in [0.25, 0.3) is 0 Å². The Labute approximate surface area is 131 Å². The van der Waals surface area contributed by atoms with E-state index in [0.717, 1.165) is 5.56 Å². The largest absolute Gasteiger partial charge is 0.271 e. The van der Waals surface area contributed by atoms with Gasteiger partial charge in [0.05, 0.1) is 11.4 Å². The monoisotopic (exact) mass is 322 g/mol. The molecule has 0 amide bonds. The Kier molecular flexibility index (Phi) is 4.97. The third-order valence-corrected chi connectivity index (χ3v) is 6.02. The van der Waals surface area contributed by atoms with Crippen LogP contribution in [0.1, 0.15) is 23.9 Å². The lowest BCUT2D eigenvalue weighted by Crippen LogP contribution is -2.33. The van der Waals surface area contributed by atoms with Gasteiger partial charge in [-0.1, -0.05) is 6.92 Å². The predicted octanol–water partition coefficient (Wildman–Crippen LogP) is 1.69. The summed E-state index contributed by atoms with van der Waals surface area (Å²) in [5.41, 5.74) is 2.28. The quantitative estimate of drug-likeness (QED) is 0.811. The lowest BCUT2D eigenvalue weighted by molar-refractivity contribution is 0.430. The Hall–Kier alpha value is -1.73. The number of aryl methyl sites for hydroxylation is 2. The van der Waals surface area contributed by atoms with E-state index in [9.17, 15) is 8.42 Å². The van der Waals surface area contributed by atoms with Crippen molar-refractivity contribution in [1.29, 1.82) is 0 Å². The van der Waals surface area contributed by atoms with Gasteiger partial charge in [-0.25, -0.2) is 8.42 Å². The summed E-state index contributed by atoms with van der Waals surface area (Å²) in [6, 6.07) is 3.81. The van der Waals surface area contributed by atoms with Gasteiger partial charge in [-0.05, 0) is 38.0 Å². The van der Waals surface area contributed by atoms with Crippen molar-refractivity contribution in [1.82, 2.24) is 19.1 Å². The van der Waals surface area contributed by atoms with Crippen molar-refractivity contribution in [3.63, 3.8) is 0 Å². The molecule has 0 aliphatic rings. The number of nitrogens with zero attached hydrogens (tertiary/aromatic N) is 4. The molecule has 0 aliphatic carbocycles. The second-order valence-electron chi connectivity index (χ2n) is 5.23. The Morgan fingerprint density at radius 3 is 2.36 bits per heavy atom. The summed E-state index contributed by atoms with van der Waals surface area (Å²) in [5.74, 6) is 0. The fraction of sp³-hybridized carbons (Fsp3) is 0.467. The van der Waals surface area contributed by atoms with Crippen molar-refractivity contribution < 1.29 is 8.42 Å². The van der Waals surface area contributed by atoms with E-state index in [1.54, 1.807) is 38.0 Å². The second kappa shape index (κ2) is 6.58. The number of hydrogen-bond donors (Lipinski definition) is 0. The van der Waals surface area contributed by atoms with Crippen molar-refractivity contribution in [2.75, 3.05) is 13.1 Å². The van der Waals surface area contributed by atoms with E-state index in [0.29, 0.717) is 35.8 Å². The van der Waals surface area contributed by atoms with Gasteiger partial charge in [-0.3, -0.25) is 9.67 Å². The lowest BCUT2D eigenvalue weighted by atomic mass is 10.2. The molecule has 0 saturated carbocycles. The molecule has 2 aromatic heterocycles. The number of likely N-dealkylation sites (N-methyl/N-ethyl adjacent to an activating group) is 1. The van der Waals surface area contributed by atoms with Gasteiger partial charge in [0.2, 0.25) is 10.0 Å². The normalized spacial score (nSPS) is 12.0. The predicted molar refractivity (Wildman–Crippen MR) is 85.1 cm³/mol. The molecule has 2 aromatic rings. The Morgan fingerprint density at radius 2 is 1.86 bits per heavy atom. The molecule has 0 spiro atoms. The molecule has 6 nitrogen and oxygen atoms in total. The molecule has 0 aliphatic heterocycles. The van der Waals surface area contributed by atoms with Crippen LogP contribution >= 0.6 is 0 Å². The van der Waals surface area contributed by atoms with Crippen LogP contribution < -0.4 is 0 Å². The van der Waals surface area contributed by atoms with Gasteiger partial charge < -0.3 is 0 Å². The average Bonchev–Trinajstić information content (AvgIpc) is 2.74. The summed E-state index contributed by atoms with van der Waals surface area (Å²) in [4.78, 5) is 4.30. The molecule has 0 saturated heterocycles. The van der Waals surface area contributed by atoms with E-state index in [2.05, 4.69) is 10.1 Å². The minimum Gasteiger partial charge on any atom is -0.271 e. The first-order chi connectivity index (χ1) is 10.4. The van der Waals surface area contributed by atoms with Crippen LogP contribution in [0.15, 0.2) is 29.4 Å². The van der Waals surface area contributed by atoms with Crippen molar-refractivity contribution in [3.8, 4) is 0 Å². The number of pyridine rings is 1. The summed E-state index contributed by atoms with van der Waals surface area (Å²) in [6.45, 7) is 6.24.